The van der Waals surface area contributed by atoms with E-state index in [1.54, 1.807) is 36.4 Å². The summed E-state index contributed by atoms with van der Waals surface area (Å²) in [6.45, 7) is 0. The molecule has 0 aromatic heterocycles. The third kappa shape index (κ3) is 2.76. The molecule has 31 heavy (non-hydrogen) atoms. The number of benzene rings is 3. The zero-order valence-electron chi connectivity index (χ0n) is 16.3. The molecule has 1 fully saturated rings. The van der Waals surface area contributed by atoms with E-state index in [9.17, 15) is 15.0 Å². The summed E-state index contributed by atoms with van der Waals surface area (Å²) in [5, 5.41) is 35.2. The van der Waals surface area contributed by atoms with Gasteiger partial charge < -0.3 is 20.1 Å². The summed E-state index contributed by atoms with van der Waals surface area (Å²) in [5.74, 6) is -0.0402. The summed E-state index contributed by atoms with van der Waals surface area (Å²) in [6, 6.07) is 21.4. The van der Waals surface area contributed by atoms with E-state index in [0.29, 0.717) is 27.6 Å². The molecule has 0 spiro atoms. The Kier molecular flexibility index (Phi) is 4.48. The average molecular weight is 438 g/mol. The van der Waals surface area contributed by atoms with Gasteiger partial charge in [-0.2, -0.15) is 0 Å². The van der Waals surface area contributed by atoms with Crippen molar-refractivity contribution in [2.24, 2.45) is 0 Å². The van der Waals surface area contributed by atoms with Crippen LogP contribution in [0.1, 0.15) is 29.0 Å². The molecule has 0 radical (unpaired) electrons. The second-order valence-electron chi connectivity index (χ2n) is 7.97. The van der Waals surface area contributed by atoms with Crippen LogP contribution < -0.4 is 10.1 Å². The molecule has 3 aromatic rings. The van der Waals surface area contributed by atoms with Crippen molar-refractivity contribution in [2.75, 3.05) is 5.32 Å². The maximum absolute atomic E-state index is 12.1. The van der Waals surface area contributed by atoms with Crippen molar-refractivity contribution in [3.05, 3.63) is 94.5 Å². The summed E-state index contributed by atoms with van der Waals surface area (Å²) in [4.78, 5) is 11.1. The van der Waals surface area contributed by atoms with E-state index in [2.05, 4.69) is 5.32 Å². The second kappa shape index (κ2) is 6.99. The maximum Gasteiger partial charge on any atom is 0.409 e. The van der Waals surface area contributed by atoms with Crippen LogP contribution >= 0.6 is 11.6 Å². The lowest BCUT2D eigenvalue weighted by molar-refractivity contribution is -0.149. The number of rotatable bonds is 3. The summed E-state index contributed by atoms with van der Waals surface area (Å²) in [5.41, 5.74) is -0.727. The number of hydrogen-bond acceptors (Lipinski definition) is 4. The minimum atomic E-state index is -1.74. The van der Waals surface area contributed by atoms with Gasteiger partial charge in [0.15, 0.2) is 11.2 Å². The molecule has 0 saturated heterocycles. The van der Waals surface area contributed by atoms with Gasteiger partial charge in [0.2, 0.25) is 0 Å². The molecule has 1 aliphatic heterocycles. The molecule has 4 N–H and O–H groups in total. The second-order valence-corrected chi connectivity index (χ2v) is 8.40. The van der Waals surface area contributed by atoms with Crippen LogP contribution in [0.2, 0.25) is 5.02 Å². The van der Waals surface area contributed by atoms with Crippen molar-refractivity contribution in [1.29, 1.82) is 0 Å². The maximum atomic E-state index is 12.1. The van der Waals surface area contributed by atoms with E-state index in [0.717, 1.165) is 5.56 Å². The first kappa shape index (κ1) is 19.9. The predicted octanol–water partition coefficient (Wildman–Crippen LogP) is 4.45. The molecule has 6 nitrogen and oxygen atoms in total. The van der Waals surface area contributed by atoms with Gasteiger partial charge in [-0.25, -0.2) is 4.79 Å². The van der Waals surface area contributed by atoms with Gasteiger partial charge in [0.05, 0.1) is 6.10 Å². The standard InChI is InChI=1S/C24H20ClNO5/c25-16-8-6-15(7-9-16)24-19(14-4-2-1-3-5-14)13-21(27)23(24,30)18-11-10-17(26-22(28)29)12-20(18)31-24/h1-12,19,21,26-27,30H,13H2,(H,28,29)/t19-,21-,23-,24-/m0/s1. The van der Waals surface area contributed by atoms with Crippen LogP contribution in [0.4, 0.5) is 10.5 Å². The fraction of sp³-hybridized carbons (Fsp3) is 0.208. The van der Waals surface area contributed by atoms with E-state index >= 15 is 0 Å². The molecular weight excluding hydrogens is 418 g/mol. The van der Waals surface area contributed by atoms with Crippen molar-refractivity contribution in [3.63, 3.8) is 0 Å². The Balaban J connectivity index is 1.74. The highest BCUT2D eigenvalue weighted by molar-refractivity contribution is 6.30. The first-order valence-corrected chi connectivity index (χ1v) is 10.3. The first-order chi connectivity index (χ1) is 14.9. The highest BCUT2D eigenvalue weighted by atomic mass is 35.5. The SMILES string of the molecule is O=C(O)Nc1ccc2c(c1)O[C@@]1(c3ccc(Cl)cc3)[C@H](c3ccccc3)C[C@H](O)[C@@]21O. The van der Waals surface area contributed by atoms with E-state index in [-0.39, 0.29) is 12.3 Å². The number of ether oxygens (including phenoxy) is 1. The number of anilines is 1. The van der Waals surface area contributed by atoms with Gasteiger partial charge in [0.1, 0.15) is 5.75 Å². The van der Waals surface area contributed by atoms with Crippen LogP contribution in [0.25, 0.3) is 0 Å². The van der Waals surface area contributed by atoms with Gasteiger partial charge >= 0.3 is 6.09 Å². The number of aliphatic hydroxyl groups is 2. The average Bonchev–Trinajstić information content (AvgIpc) is 3.14. The Hall–Kier alpha value is -3.06. The number of carboxylic acid groups (broad SMARTS) is 1. The smallest absolute Gasteiger partial charge is 0.409 e. The molecule has 7 heteroatoms. The molecule has 158 valence electrons. The lowest BCUT2D eigenvalue weighted by Crippen LogP contribution is -2.51. The van der Waals surface area contributed by atoms with Gasteiger partial charge in [-0.1, -0.05) is 60.1 Å². The Morgan fingerprint density at radius 1 is 1.06 bits per heavy atom. The van der Waals surface area contributed by atoms with E-state index in [4.69, 9.17) is 21.4 Å². The molecule has 0 unspecified atom stereocenters. The Morgan fingerprint density at radius 2 is 1.77 bits per heavy atom. The van der Waals surface area contributed by atoms with E-state index in [1.807, 2.05) is 30.3 Å². The van der Waals surface area contributed by atoms with Crippen LogP contribution in [0.15, 0.2) is 72.8 Å². The van der Waals surface area contributed by atoms with Gasteiger partial charge in [-0.15, -0.1) is 0 Å². The van der Waals surface area contributed by atoms with E-state index < -0.39 is 23.4 Å². The molecule has 5 rings (SSSR count). The largest absolute Gasteiger partial charge is 0.478 e. The lowest BCUT2D eigenvalue weighted by Gasteiger charge is -2.40. The first-order valence-electron chi connectivity index (χ1n) is 9.91. The third-order valence-corrected chi connectivity index (χ3v) is 6.64. The molecule has 1 amide bonds. The molecule has 1 heterocycles. The predicted molar refractivity (Wildman–Crippen MR) is 116 cm³/mol. The lowest BCUT2D eigenvalue weighted by atomic mass is 9.71. The van der Waals surface area contributed by atoms with E-state index in [1.165, 1.54) is 6.07 Å². The van der Waals surface area contributed by atoms with Crippen molar-refractivity contribution >= 4 is 23.4 Å². The van der Waals surface area contributed by atoms with Crippen molar-refractivity contribution < 1.29 is 24.9 Å². The number of hydrogen-bond donors (Lipinski definition) is 4. The minimum absolute atomic E-state index is 0.289. The van der Waals surface area contributed by atoms with Crippen LogP contribution in [-0.2, 0) is 11.2 Å². The molecule has 2 aliphatic rings. The Bertz CT molecular complexity index is 1150. The van der Waals surface area contributed by atoms with Gasteiger partial charge in [-0.3, -0.25) is 5.32 Å². The molecular formula is C24H20ClNO5. The number of carbonyl (C=O) groups is 1. The number of halogens is 1. The van der Waals surface area contributed by atoms with Crippen molar-refractivity contribution in [1.82, 2.24) is 0 Å². The van der Waals surface area contributed by atoms with Crippen LogP contribution in [0, 0.1) is 0 Å². The molecule has 1 aliphatic carbocycles. The fourth-order valence-electron chi connectivity index (χ4n) is 5.13. The minimum Gasteiger partial charge on any atom is -0.478 e. The van der Waals surface area contributed by atoms with Gasteiger partial charge in [-0.05, 0) is 35.7 Å². The number of amides is 1. The Morgan fingerprint density at radius 3 is 2.45 bits per heavy atom. The summed E-state index contributed by atoms with van der Waals surface area (Å²) in [7, 11) is 0. The zero-order valence-corrected chi connectivity index (χ0v) is 17.1. The summed E-state index contributed by atoms with van der Waals surface area (Å²) >= 11 is 6.12. The summed E-state index contributed by atoms with van der Waals surface area (Å²) < 4.78 is 6.52. The fourth-order valence-corrected chi connectivity index (χ4v) is 5.26. The van der Waals surface area contributed by atoms with Crippen molar-refractivity contribution in [3.8, 4) is 5.75 Å². The number of nitrogens with one attached hydrogen (secondary N) is 1. The van der Waals surface area contributed by atoms with Crippen LogP contribution in [-0.4, -0.2) is 27.5 Å². The zero-order chi connectivity index (χ0) is 21.8. The topological polar surface area (TPSA) is 99.0 Å². The van der Waals surface area contributed by atoms with Gasteiger partial charge in [0, 0.05) is 28.3 Å². The van der Waals surface area contributed by atoms with Crippen LogP contribution in [0.5, 0.6) is 5.75 Å². The molecule has 4 atom stereocenters. The molecule has 1 saturated carbocycles. The quantitative estimate of drug-likeness (QED) is 0.485. The highest BCUT2D eigenvalue weighted by Crippen LogP contribution is 2.66. The number of fused-ring (bicyclic) bond motifs is 3. The van der Waals surface area contributed by atoms with Crippen molar-refractivity contribution in [2.45, 2.75) is 29.6 Å². The molecule has 0 bridgehead atoms. The normalized spacial score (nSPS) is 28.5. The number of aliphatic hydroxyl groups excluding tert-OH is 1. The highest BCUT2D eigenvalue weighted by Gasteiger charge is 2.72. The monoisotopic (exact) mass is 437 g/mol. The van der Waals surface area contributed by atoms with Crippen LogP contribution in [0.3, 0.4) is 0 Å². The Labute approximate surface area is 183 Å². The summed E-state index contributed by atoms with van der Waals surface area (Å²) in [6.07, 6.45) is -2.02. The van der Waals surface area contributed by atoms with Gasteiger partial charge in [0.25, 0.3) is 0 Å². The molecule has 3 aromatic carbocycles. The third-order valence-electron chi connectivity index (χ3n) is 6.39.